The van der Waals surface area contributed by atoms with Crippen LogP contribution in [0.3, 0.4) is 0 Å². The lowest BCUT2D eigenvalue weighted by molar-refractivity contribution is -0.612. The second kappa shape index (κ2) is 1.85. The molecule has 4 N–H and O–H groups in total. The molecule has 2 rings (SSSR count). The van der Waals surface area contributed by atoms with Crippen molar-refractivity contribution in [3.63, 3.8) is 0 Å². The van der Waals surface area contributed by atoms with Crippen LogP contribution in [0.1, 0.15) is 0 Å². The SMILES string of the molecule is Nn1c[n+](N)c2ccncc21. The minimum absolute atomic E-state index is 0.815. The van der Waals surface area contributed by atoms with E-state index < -0.39 is 0 Å². The van der Waals surface area contributed by atoms with E-state index in [9.17, 15) is 0 Å². The van der Waals surface area contributed by atoms with Gasteiger partial charge < -0.3 is 0 Å². The summed E-state index contributed by atoms with van der Waals surface area (Å²) in [6, 6.07) is 1.80. The lowest BCUT2D eigenvalue weighted by Gasteiger charge is -1.83. The van der Waals surface area contributed by atoms with Crippen molar-refractivity contribution in [3.8, 4) is 0 Å². The van der Waals surface area contributed by atoms with E-state index in [4.69, 9.17) is 11.7 Å². The Bertz CT molecular complexity index is 355. The number of rotatable bonds is 0. The normalized spacial score (nSPS) is 10.5. The van der Waals surface area contributed by atoms with Gasteiger partial charge in [0.1, 0.15) is 0 Å². The topological polar surface area (TPSA) is 73.7 Å². The molecule has 0 radical (unpaired) electrons. The Hall–Kier alpha value is -1.78. The van der Waals surface area contributed by atoms with Crippen molar-refractivity contribution in [2.75, 3.05) is 11.7 Å². The standard InChI is InChI=1S/C6H8N5/c7-10-4-11(8)6-3-9-2-1-5(6)10/h1-4H,7-8H2/q+1. The molecular formula is C6H8N5+. The third-order valence-electron chi connectivity index (χ3n) is 1.58. The zero-order chi connectivity index (χ0) is 7.84. The van der Waals surface area contributed by atoms with Gasteiger partial charge in [-0.1, -0.05) is 0 Å². The van der Waals surface area contributed by atoms with Crippen molar-refractivity contribution < 1.29 is 4.68 Å². The Balaban J connectivity index is 2.95. The molecule has 0 aromatic carbocycles. The fraction of sp³-hybridized carbons (Fsp3) is 0. The van der Waals surface area contributed by atoms with Crippen LogP contribution >= 0.6 is 0 Å². The van der Waals surface area contributed by atoms with E-state index in [-0.39, 0.29) is 0 Å². The molecule has 0 saturated carbocycles. The van der Waals surface area contributed by atoms with Crippen molar-refractivity contribution in [3.05, 3.63) is 24.8 Å². The van der Waals surface area contributed by atoms with Crippen LogP contribution in [-0.4, -0.2) is 9.66 Å². The Kier molecular flexibility index (Phi) is 1.00. The fourth-order valence-electron chi connectivity index (χ4n) is 1.05. The van der Waals surface area contributed by atoms with Crippen molar-refractivity contribution in [1.29, 1.82) is 0 Å². The number of imidazole rings is 1. The first-order valence-corrected chi connectivity index (χ1v) is 3.16. The predicted molar refractivity (Wildman–Crippen MR) is 40.2 cm³/mol. The molecule has 0 unspecified atom stereocenters. The van der Waals surface area contributed by atoms with Gasteiger partial charge in [0, 0.05) is 12.3 Å². The summed E-state index contributed by atoms with van der Waals surface area (Å²) in [5.41, 5.74) is 1.68. The molecule has 2 heterocycles. The van der Waals surface area contributed by atoms with Crippen LogP contribution in [0.5, 0.6) is 0 Å². The first-order chi connectivity index (χ1) is 5.29. The smallest absolute Gasteiger partial charge is 0.268 e. The van der Waals surface area contributed by atoms with Crippen LogP contribution in [-0.2, 0) is 0 Å². The molecule has 2 aromatic heterocycles. The number of pyridine rings is 1. The average molecular weight is 150 g/mol. The first-order valence-electron chi connectivity index (χ1n) is 3.16. The quantitative estimate of drug-likeness (QED) is 0.364. The van der Waals surface area contributed by atoms with Gasteiger partial charge in [0.2, 0.25) is 11.0 Å². The van der Waals surface area contributed by atoms with Gasteiger partial charge in [-0.05, 0) is 0 Å². The van der Waals surface area contributed by atoms with E-state index in [0.29, 0.717) is 0 Å². The zero-order valence-corrected chi connectivity index (χ0v) is 5.81. The highest BCUT2D eigenvalue weighted by molar-refractivity contribution is 5.70. The molecule has 0 fully saturated rings. The second-order valence-corrected chi connectivity index (χ2v) is 2.29. The highest BCUT2D eigenvalue weighted by atomic mass is 15.4. The van der Waals surface area contributed by atoms with Gasteiger partial charge in [0.05, 0.1) is 6.20 Å². The summed E-state index contributed by atoms with van der Waals surface area (Å²) in [6.07, 6.45) is 4.93. The monoisotopic (exact) mass is 150 g/mol. The predicted octanol–water partition coefficient (Wildman–Crippen LogP) is -1.25. The Labute approximate surface area is 62.8 Å². The number of nitrogen functional groups attached to an aromatic ring is 2. The molecule has 0 aliphatic carbocycles. The maximum absolute atomic E-state index is 5.57. The highest BCUT2D eigenvalue weighted by Gasteiger charge is 2.10. The van der Waals surface area contributed by atoms with Crippen molar-refractivity contribution in [2.24, 2.45) is 0 Å². The molecule has 0 amide bonds. The molecule has 0 saturated heterocycles. The summed E-state index contributed by atoms with van der Waals surface area (Å²) in [7, 11) is 0. The molecule has 0 spiro atoms. The van der Waals surface area contributed by atoms with Crippen molar-refractivity contribution in [2.45, 2.75) is 0 Å². The minimum atomic E-state index is 0.815. The maximum atomic E-state index is 5.57. The third kappa shape index (κ3) is 0.706. The Morgan fingerprint density at radius 3 is 3.09 bits per heavy atom. The Morgan fingerprint density at radius 2 is 2.36 bits per heavy atom. The molecule has 0 bridgehead atoms. The van der Waals surface area contributed by atoms with Gasteiger partial charge in [-0.2, -0.15) is 0 Å². The highest BCUT2D eigenvalue weighted by Crippen LogP contribution is 2.03. The largest absolute Gasteiger partial charge is 0.291 e. The van der Waals surface area contributed by atoms with Gasteiger partial charge in [-0.3, -0.25) is 16.7 Å². The lowest BCUT2D eigenvalue weighted by Crippen LogP contribution is -2.43. The van der Waals surface area contributed by atoms with Crippen LogP contribution in [0.15, 0.2) is 24.8 Å². The second-order valence-electron chi connectivity index (χ2n) is 2.29. The van der Waals surface area contributed by atoms with Crippen LogP contribution in [0.4, 0.5) is 0 Å². The van der Waals surface area contributed by atoms with Crippen molar-refractivity contribution >= 4 is 11.0 Å². The molecule has 2 aromatic rings. The number of hydrogen-bond donors (Lipinski definition) is 2. The number of aromatic nitrogens is 3. The average Bonchev–Trinajstić information content (AvgIpc) is 2.30. The first kappa shape index (κ1) is 5.96. The minimum Gasteiger partial charge on any atom is -0.268 e. The molecule has 56 valence electrons. The van der Waals surface area contributed by atoms with Crippen LogP contribution in [0, 0.1) is 0 Å². The molecule has 0 aliphatic rings. The summed E-state index contributed by atoms with van der Waals surface area (Å²) in [5.74, 6) is 11.1. The summed E-state index contributed by atoms with van der Waals surface area (Å²) < 4.78 is 2.89. The van der Waals surface area contributed by atoms with Gasteiger partial charge in [0.25, 0.3) is 6.33 Å². The number of hydrogen-bond acceptors (Lipinski definition) is 3. The number of fused-ring (bicyclic) bond motifs is 1. The van der Waals surface area contributed by atoms with Gasteiger partial charge in [-0.15, -0.1) is 9.35 Å². The van der Waals surface area contributed by atoms with E-state index in [0.717, 1.165) is 11.0 Å². The van der Waals surface area contributed by atoms with Crippen molar-refractivity contribution in [1.82, 2.24) is 9.66 Å². The van der Waals surface area contributed by atoms with E-state index in [1.54, 1.807) is 24.8 Å². The van der Waals surface area contributed by atoms with Gasteiger partial charge in [0.15, 0.2) is 0 Å². The molecule has 0 atom stereocenters. The summed E-state index contributed by atoms with van der Waals surface area (Å²) >= 11 is 0. The zero-order valence-electron chi connectivity index (χ0n) is 5.81. The fourth-order valence-corrected chi connectivity index (χ4v) is 1.05. The summed E-state index contributed by atoms with van der Waals surface area (Å²) in [4.78, 5) is 3.92. The summed E-state index contributed by atoms with van der Waals surface area (Å²) in [6.45, 7) is 0. The van der Waals surface area contributed by atoms with Crippen LogP contribution in [0.2, 0.25) is 0 Å². The molecule has 11 heavy (non-hydrogen) atoms. The number of nitrogens with zero attached hydrogens (tertiary/aromatic N) is 3. The van der Waals surface area contributed by atoms with Gasteiger partial charge >= 0.3 is 0 Å². The van der Waals surface area contributed by atoms with Crippen LogP contribution in [0.25, 0.3) is 11.0 Å². The third-order valence-corrected chi connectivity index (χ3v) is 1.58. The van der Waals surface area contributed by atoms with Gasteiger partial charge in [-0.25, -0.2) is 0 Å². The maximum Gasteiger partial charge on any atom is 0.291 e. The molecule has 5 heteroatoms. The van der Waals surface area contributed by atoms with E-state index in [1.807, 2.05) is 0 Å². The Morgan fingerprint density at radius 1 is 1.55 bits per heavy atom. The number of nitrogens with two attached hydrogens (primary N) is 2. The molecular weight excluding hydrogens is 142 g/mol. The van der Waals surface area contributed by atoms with Crippen LogP contribution < -0.4 is 16.4 Å². The summed E-state index contributed by atoms with van der Waals surface area (Å²) in [5, 5.41) is 0. The van der Waals surface area contributed by atoms with E-state index >= 15 is 0 Å². The van der Waals surface area contributed by atoms with E-state index in [1.165, 1.54) is 9.35 Å². The van der Waals surface area contributed by atoms with E-state index in [2.05, 4.69) is 4.98 Å². The molecule has 5 nitrogen and oxygen atoms in total. The molecule has 0 aliphatic heterocycles. The lowest BCUT2D eigenvalue weighted by atomic mass is 10.4.